The monoisotopic (exact) mass is 267 g/mol. The Hall–Kier alpha value is -1.29. The second-order valence-corrected chi connectivity index (χ2v) is 4.19. The lowest BCUT2D eigenvalue weighted by atomic mass is 10.0. The number of aliphatic hydroxyl groups excluding tert-OH is 1. The van der Waals surface area contributed by atoms with E-state index in [1.165, 1.54) is 0 Å². The lowest BCUT2D eigenvalue weighted by Gasteiger charge is -2.09. The number of rotatable bonds is 4. The van der Waals surface area contributed by atoms with Crippen LogP contribution in [0.1, 0.15) is 5.56 Å². The van der Waals surface area contributed by atoms with Gasteiger partial charge in [-0.3, -0.25) is 0 Å². The highest BCUT2D eigenvalue weighted by molar-refractivity contribution is 5.85. The Morgan fingerprint density at radius 1 is 1.17 bits per heavy atom. The van der Waals surface area contributed by atoms with Crippen molar-refractivity contribution in [1.29, 1.82) is 0 Å². The smallest absolute Gasteiger partial charge is 0.119 e. The molecule has 1 atom stereocenters. The van der Waals surface area contributed by atoms with Gasteiger partial charge in [-0.1, -0.05) is 24.3 Å². The number of methoxy groups -OCH3 is 1. The third-order valence-corrected chi connectivity index (χ3v) is 2.84. The summed E-state index contributed by atoms with van der Waals surface area (Å²) in [5.41, 5.74) is 6.87. The number of nitrogens with two attached hydrogens (primary N) is 1. The van der Waals surface area contributed by atoms with E-state index in [4.69, 9.17) is 15.6 Å². The molecule has 0 bridgehead atoms. The van der Waals surface area contributed by atoms with Gasteiger partial charge < -0.3 is 15.6 Å². The first kappa shape index (κ1) is 14.8. The minimum Gasteiger partial charge on any atom is -0.497 e. The first-order valence-electron chi connectivity index (χ1n) is 5.66. The molecule has 1 unspecified atom stereocenters. The summed E-state index contributed by atoms with van der Waals surface area (Å²) in [5.74, 6) is 0.859. The van der Waals surface area contributed by atoms with Crippen molar-refractivity contribution in [1.82, 2.24) is 0 Å². The van der Waals surface area contributed by atoms with Crippen LogP contribution in [0, 0.1) is 0 Å². The zero-order valence-electron chi connectivity index (χ0n) is 10.3. The van der Waals surface area contributed by atoms with Crippen LogP contribution in [0.2, 0.25) is 0 Å². The maximum Gasteiger partial charge on any atom is 0.119 e. The topological polar surface area (TPSA) is 55.5 Å². The maximum absolute atomic E-state index is 8.94. The second-order valence-electron chi connectivity index (χ2n) is 4.19. The zero-order valence-corrected chi connectivity index (χ0v) is 11.1. The van der Waals surface area contributed by atoms with Gasteiger partial charge in [0.05, 0.1) is 13.7 Å². The summed E-state index contributed by atoms with van der Waals surface area (Å²) in [6.45, 7) is 0.0145. The molecule has 0 heterocycles. The number of fused-ring (bicyclic) bond motifs is 1. The average molecular weight is 268 g/mol. The lowest BCUT2D eigenvalue weighted by molar-refractivity contribution is 0.265. The Morgan fingerprint density at radius 2 is 1.83 bits per heavy atom. The highest BCUT2D eigenvalue weighted by Crippen LogP contribution is 2.22. The SMILES string of the molecule is COc1ccc2cc(CC(N)CO)ccc2c1.Cl. The van der Waals surface area contributed by atoms with Crippen molar-refractivity contribution >= 4 is 23.2 Å². The van der Waals surface area contributed by atoms with Gasteiger partial charge in [0.2, 0.25) is 0 Å². The summed E-state index contributed by atoms with van der Waals surface area (Å²) in [7, 11) is 1.66. The van der Waals surface area contributed by atoms with Gasteiger partial charge in [-0.25, -0.2) is 0 Å². The van der Waals surface area contributed by atoms with Crippen LogP contribution in [0.4, 0.5) is 0 Å². The van der Waals surface area contributed by atoms with E-state index in [9.17, 15) is 0 Å². The van der Waals surface area contributed by atoms with E-state index in [-0.39, 0.29) is 25.1 Å². The van der Waals surface area contributed by atoms with Crippen LogP contribution in [0.5, 0.6) is 5.75 Å². The molecule has 4 heteroatoms. The van der Waals surface area contributed by atoms with Gasteiger partial charge in [0.1, 0.15) is 5.75 Å². The molecule has 0 amide bonds. The molecule has 0 saturated carbocycles. The zero-order chi connectivity index (χ0) is 12.3. The van der Waals surface area contributed by atoms with Crippen molar-refractivity contribution in [3.63, 3.8) is 0 Å². The fraction of sp³-hybridized carbons (Fsp3) is 0.286. The van der Waals surface area contributed by atoms with E-state index in [1.807, 2.05) is 24.3 Å². The molecule has 3 N–H and O–H groups in total. The van der Waals surface area contributed by atoms with E-state index < -0.39 is 0 Å². The highest BCUT2D eigenvalue weighted by Gasteiger charge is 2.03. The molecule has 0 aromatic heterocycles. The Labute approximate surface area is 113 Å². The molecule has 0 fully saturated rings. The van der Waals surface area contributed by atoms with Crippen LogP contribution >= 0.6 is 12.4 Å². The van der Waals surface area contributed by atoms with Crippen molar-refractivity contribution < 1.29 is 9.84 Å². The standard InChI is InChI=1S/C14H17NO2.ClH/c1-17-14-5-4-11-6-10(7-13(15)9-16)2-3-12(11)8-14;/h2-6,8,13,16H,7,9,15H2,1H3;1H. The summed E-state index contributed by atoms with van der Waals surface area (Å²) in [4.78, 5) is 0. The average Bonchev–Trinajstić information content (AvgIpc) is 2.38. The van der Waals surface area contributed by atoms with Gasteiger partial charge in [-0.15, -0.1) is 12.4 Å². The summed E-state index contributed by atoms with van der Waals surface area (Å²) >= 11 is 0. The fourth-order valence-electron chi connectivity index (χ4n) is 1.89. The molecule has 18 heavy (non-hydrogen) atoms. The largest absolute Gasteiger partial charge is 0.497 e. The normalized spacial score (nSPS) is 11.9. The van der Waals surface area contributed by atoms with Gasteiger partial charge in [0.15, 0.2) is 0 Å². The van der Waals surface area contributed by atoms with Crippen LogP contribution in [-0.2, 0) is 6.42 Å². The van der Waals surface area contributed by atoms with Crippen LogP contribution in [0.3, 0.4) is 0 Å². The third-order valence-electron chi connectivity index (χ3n) is 2.84. The minimum atomic E-state index is -0.189. The molecule has 2 aromatic carbocycles. The summed E-state index contributed by atoms with van der Waals surface area (Å²) in [6.07, 6.45) is 0.693. The van der Waals surface area contributed by atoms with Crippen LogP contribution in [0.15, 0.2) is 36.4 Å². The molecule has 2 aromatic rings. The first-order valence-corrected chi connectivity index (χ1v) is 5.66. The van der Waals surface area contributed by atoms with Gasteiger partial charge in [-0.2, -0.15) is 0 Å². The van der Waals surface area contributed by atoms with Crippen molar-refractivity contribution in [3.8, 4) is 5.75 Å². The van der Waals surface area contributed by atoms with Gasteiger partial charge >= 0.3 is 0 Å². The quantitative estimate of drug-likeness (QED) is 0.892. The van der Waals surface area contributed by atoms with Crippen molar-refractivity contribution in [3.05, 3.63) is 42.0 Å². The van der Waals surface area contributed by atoms with Crippen LogP contribution in [0.25, 0.3) is 10.8 Å². The molecule has 0 spiro atoms. The van der Waals surface area contributed by atoms with Gasteiger partial charge in [-0.05, 0) is 34.9 Å². The van der Waals surface area contributed by atoms with Crippen LogP contribution in [-0.4, -0.2) is 24.9 Å². The Balaban J connectivity index is 0.00000162. The molecule has 0 aliphatic carbocycles. The first-order chi connectivity index (χ1) is 8.22. The number of ether oxygens (including phenoxy) is 1. The predicted molar refractivity (Wildman–Crippen MR) is 76.5 cm³/mol. The number of hydrogen-bond acceptors (Lipinski definition) is 3. The Morgan fingerprint density at radius 3 is 2.50 bits per heavy atom. The Bertz CT molecular complexity index is 516. The molecule has 3 nitrogen and oxygen atoms in total. The number of hydrogen-bond donors (Lipinski definition) is 2. The minimum absolute atomic E-state index is 0. The molecule has 2 rings (SSSR count). The molecule has 0 aliphatic rings. The molecule has 0 radical (unpaired) electrons. The Kier molecular flexibility index (Phi) is 5.41. The van der Waals surface area contributed by atoms with E-state index in [2.05, 4.69) is 12.1 Å². The fourth-order valence-corrected chi connectivity index (χ4v) is 1.89. The summed E-state index contributed by atoms with van der Waals surface area (Å²) in [6, 6.07) is 12.0. The maximum atomic E-state index is 8.94. The third kappa shape index (κ3) is 3.35. The van der Waals surface area contributed by atoms with E-state index in [1.54, 1.807) is 7.11 Å². The molecular formula is C14H18ClNO2. The van der Waals surface area contributed by atoms with E-state index >= 15 is 0 Å². The van der Waals surface area contributed by atoms with E-state index in [0.29, 0.717) is 6.42 Å². The predicted octanol–water partition coefficient (Wildman–Crippen LogP) is 2.13. The number of aliphatic hydroxyl groups is 1. The van der Waals surface area contributed by atoms with Gasteiger partial charge in [0, 0.05) is 6.04 Å². The van der Waals surface area contributed by atoms with E-state index in [0.717, 1.165) is 22.1 Å². The van der Waals surface area contributed by atoms with Crippen molar-refractivity contribution in [2.24, 2.45) is 5.73 Å². The second kappa shape index (κ2) is 6.59. The van der Waals surface area contributed by atoms with Crippen molar-refractivity contribution in [2.45, 2.75) is 12.5 Å². The molecule has 0 aliphatic heterocycles. The summed E-state index contributed by atoms with van der Waals surface area (Å²) in [5, 5.41) is 11.2. The molecular weight excluding hydrogens is 250 g/mol. The van der Waals surface area contributed by atoms with Crippen LogP contribution < -0.4 is 10.5 Å². The van der Waals surface area contributed by atoms with Crippen molar-refractivity contribution in [2.75, 3.05) is 13.7 Å². The van der Waals surface area contributed by atoms with Gasteiger partial charge in [0.25, 0.3) is 0 Å². The number of benzene rings is 2. The molecule has 0 saturated heterocycles. The lowest BCUT2D eigenvalue weighted by Crippen LogP contribution is -2.26. The highest BCUT2D eigenvalue weighted by atomic mass is 35.5. The summed E-state index contributed by atoms with van der Waals surface area (Å²) < 4.78 is 5.18. The number of halogens is 1. The molecule has 98 valence electrons.